The highest BCUT2D eigenvalue weighted by Crippen LogP contribution is 2.63. The van der Waals surface area contributed by atoms with Gasteiger partial charge in [-0.2, -0.15) is 0 Å². The molecule has 0 atom stereocenters. The Balaban J connectivity index is 1.07. The van der Waals surface area contributed by atoms with Gasteiger partial charge < -0.3 is 0 Å². The quantitative estimate of drug-likeness (QED) is 0.181. The lowest BCUT2D eigenvalue weighted by molar-refractivity contribution is 0.794. The van der Waals surface area contributed by atoms with Gasteiger partial charge in [-0.3, -0.25) is 0 Å². The molecule has 0 radical (unpaired) electrons. The normalized spacial score (nSPS) is 13.1. The highest BCUT2D eigenvalue weighted by atomic mass is 15.0. The average molecular weight is 724 g/mol. The highest BCUT2D eigenvalue weighted by Gasteiger charge is 2.52. The van der Waals surface area contributed by atoms with Crippen LogP contribution < -0.4 is 0 Å². The fraction of sp³-hybridized carbons (Fsp3) is 0.0185. The molecule has 57 heavy (non-hydrogen) atoms. The molecule has 1 aromatic heterocycles. The molecule has 0 unspecified atom stereocenters. The molecular weight excluding hydrogens is 691 g/mol. The summed E-state index contributed by atoms with van der Waals surface area (Å²) in [7, 11) is 0. The van der Waals surface area contributed by atoms with E-state index in [1.165, 1.54) is 71.8 Å². The lowest BCUT2D eigenvalue weighted by atomic mass is 9.70. The lowest BCUT2D eigenvalue weighted by Crippen LogP contribution is -2.25. The van der Waals surface area contributed by atoms with E-state index in [0.29, 0.717) is 17.5 Å². The molecule has 12 rings (SSSR count). The Morgan fingerprint density at radius 2 is 0.789 bits per heavy atom. The Kier molecular flexibility index (Phi) is 6.84. The molecule has 2 aliphatic rings. The van der Waals surface area contributed by atoms with Gasteiger partial charge in [0, 0.05) is 16.7 Å². The Morgan fingerprint density at radius 1 is 0.281 bits per heavy atom. The minimum atomic E-state index is -0.450. The monoisotopic (exact) mass is 723 g/mol. The Labute approximate surface area is 330 Å². The maximum Gasteiger partial charge on any atom is 0.164 e. The third-order valence-corrected chi connectivity index (χ3v) is 12.1. The first-order chi connectivity index (χ1) is 28.3. The van der Waals surface area contributed by atoms with E-state index >= 15 is 0 Å². The zero-order valence-corrected chi connectivity index (χ0v) is 30.9. The molecule has 0 bridgehead atoms. The van der Waals surface area contributed by atoms with Crippen LogP contribution in [0.2, 0.25) is 0 Å². The smallest absolute Gasteiger partial charge is 0.164 e. The van der Waals surface area contributed by atoms with Crippen molar-refractivity contribution in [1.29, 1.82) is 0 Å². The number of nitrogens with zero attached hydrogens (tertiary/aromatic N) is 3. The summed E-state index contributed by atoms with van der Waals surface area (Å²) in [5, 5.41) is 4.80. The molecule has 9 aromatic carbocycles. The van der Waals surface area contributed by atoms with E-state index in [2.05, 4.69) is 182 Å². The molecule has 0 saturated heterocycles. The van der Waals surface area contributed by atoms with Gasteiger partial charge in [-0.15, -0.1) is 0 Å². The van der Waals surface area contributed by atoms with Crippen molar-refractivity contribution in [1.82, 2.24) is 15.0 Å². The summed E-state index contributed by atoms with van der Waals surface area (Å²) in [6.07, 6.45) is 0. The van der Waals surface area contributed by atoms with E-state index in [0.717, 1.165) is 22.1 Å². The van der Waals surface area contributed by atoms with Crippen LogP contribution in [-0.4, -0.2) is 15.0 Å². The van der Waals surface area contributed by atoms with Crippen LogP contribution in [0.25, 0.3) is 89.1 Å². The van der Waals surface area contributed by atoms with Crippen LogP contribution in [0.3, 0.4) is 0 Å². The predicted molar refractivity (Wildman–Crippen MR) is 233 cm³/mol. The number of hydrogen-bond donors (Lipinski definition) is 0. The van der Waals surface area contributed by atoms with Crippen LogP contribution in [0.1, 0.15) is 22.3 Å². The third-order valence-electron chi connectivity index (χ3n) is 12.1. The SMILES string of the molecule is c1ccc(-c2nc(-c3ccc4c(-c5ccc6ccccc6c5)cccc4c3)nc(-c3cccc4c3-c3ccccc3C43c4ccccc4-c4ccccc43)n2)cc1. The Bertz CT molecular complexity index is 3210. The molecule has 0 N–H and O–H groups in total. The van der Waals surface area contributed by atoms with Gasteiger partial charge in [0.05, 0.1) is 5.41 Å². The van der Waals surface area contributed by atoms with E-state index in [1.807, 2.05) is 18.2 Å². The summed E-state index contributed by atoms with van der Waals surface area (Å²) < 4.78 is 0. The maximum atomic E-state index is 5.35. The second-order valence-corrected chi connectivity index (χ2v) is 15.1. The number of aromatic nitrogens is 3. The molecule has 1 heterocycles. The van der Waals surface area contributed by atoms with Gasteiger partial charge in [0.1, 0.15) is 0 Å². The summed E-state index contributed by atoms with van der Waals surface area (Å²) in [6.45, 7) is 0. The first kappa shape index (κ1) is 31.8. The summed E-state index contributed by atoms with van der Waals surface area (Å²) in [6, 6.07) is 72.1. The summed E-state index contributed by atoms with van der Waals surface area (Å²) in [4.78, 5) is 15.8. The largest absolute Gasteiger partial charge is 0.208 e. The van der Waals surface area contributed by atoms with Gasteiger partial charge in [-0.25, -0.2) is 15.0 Å². The summed E-state index contributed by atoms with van der Waals surface area (Å²) >= 11 is 0. The van der Waals surface area contributed by atoms with E-state index in [4.69, 9.17) is 15.0 Å². The van der Waals surface area contributed by atoms with Crippen molar-refractivity contribution >= 4 is 21.5 Å². The molecule has 1 spiro atoms. The molecule has 2 aliphatic carbocycles. The minimum Gasteiger partial charge on any atom is -0.208 e. The Hall–Kier alpha value is -7.49. The molecule has 3 nitrogen and oxygen atoms in total. The van der Waals surface area contributed by atoms with Gasteiger partial charge in [0.25, 0.3) is 0 Å². The first-order valence-electron chi connectivity index (χ1n) is 19.5. The van der Waals surface area contributed by atoms with Crippen molar-refractivity contribution in [2.24, 2.45) is 0 Å². The molecule has 3 heteroatoms. The van der Waals surface area contributed by atoms with Crippen LogP contribution in [0, 0.1) is 0 Å². The van der Waals surface area contributed by atoms with Crippen LogP contribution in [0.5, 0.6) is 0 Å². The van der Waals surface area contributed by atoms with Crippen LogP contribution in [-0.2, 0) is 5.41 Å². The molecule has 264 valence electrons. The van der Waals surface area contributed by atoms with E-state index in [9.17, 15) is 0 Å². The van der Waals surface area contributed by atoms with Gasteiger partial charge in [-0.05, 0) is 89.3 Å². The molecule has 10 aromatic rings. The Morgan fingerprint density at radius 3 is 1.56 bits per heavy atom. The summed E-state index contributed by atoms with van der Waals surface area (Å²) in [5.74, 6) is 1.95. The second-order valence-electron chi connectivity index (χ2n) is 15.1. The maximum absolute atomic E-state index is 5.35. The van der Waals surface area contributed by atoms with Crippen molar-refractivity contribution in [2.45, 2.75) is 5.41 Å². The van der Waals surface area contributed by atoms with Crippen LogP contribution in [0.4, 0.5) is 0 Å². The lowest BCUT2D eigenvalue weighted by Gasteiger charge is -2.30. The molecule has 0 amide bonds. The fourth-order valence-electron chi connectivity index (χ4n) is 9.70. The molecule has 0 fully saturated rings. The van der Waals surface area contributed by atoms with Gasteiger partial charge in [-0.1, -0.05) is 188 Å². The fourth-order valence-corrected chi connectivity index (χ4v) is 9.70. The van der Waals surface area contributed by atoms with Gasteiger partial charge >= 0.3 is 0 Å². The second kappa shape index (κ2) is 12.3. The zero-order chi connectivity index (χ0) is 37.5. The summed E-state index contributed by atoms with van der Waals surface area (Å²) in [5.41, 5.74) is 15.0. The van der Waals surface area contributed by atoms with Crippen molar-refractivity contribution in [3.05, 3.63) is 222 Å². The number of rotatable bonds is 4. The van der Waals surface area contributed by atoms with E-state index in [1.54, 1.807) is 0 Å². The predicted octanol–water partition coefficient (Wildman–Crippen LogP) is 13.2. The number of hydrogen-bond acceptors (Lipinski definition) is 3. The average Bonchev–Trinajstić information content (AvgIpc) is 3.76. The topological polar surface area (TPSA) is 38.7 Å². The number of fused-ring (bicyclic) bond motifs is 12. The zero-order valence-electron chi connectivity index (χ0n) is 30.9. The van der Waals surface area contributed by atoms with Crippen molar-refractivity contribution in [3.8, 4) is 67.5 Å². The van der Waals surface area contributed by atoms with Gasteiger partial charge in [0.15, 0.2) is 17.5 Å². The highest BCUT2D eigenvalue weighted by molar-refractivity contribution is 6.01. The van der Waals surface area contributed by atoms with Crippen molar-refractivity contribution in [3.63, 3.8) is 0 Å². The van der Waals surface area contributed by atoms with Crippen molar-refractivity contribution < 1.29 is 0 Å². The first-order valence-corrected chi connectivity index (χ1v) is 19.5. The standard InChI is InChI=1S/C54H33N3/c1-2-15-35(16-3-1)51-55-52(39-30-31-41-37(33-39)18-12-22-40(41)38-29-28-34-14-4-5-17-36(34)32-38)57-53(56-51)45-23-13-27-49-50(45)44-21-8-11-26-48(44)54(49)46-24-9-6-19-42(46)43-20-7-10-25-47(43)54/h1-33H. The number of benzene rings is 9. The molecule has 0 aliphatic heterocycles. The molecule has 0 saturated carbocycles. The van der Waals surface area contributed by atoms with E-state index < -0.39 is 5.41 Å². The minimum absolute atomic E-state index is 0.450. The van der Waals surface area contributed by atoms with Crippen LogP contribution >= 0.6 is 0 Å². The molecular formula is C54H33N3. The third kappa shape index (κ3) is 4.63. The van der Waals surface area contributed by atoms with Gasteiger partial charge in [0.2, 0.25) is 0 Å². The van der Waals surface area contributed by atoms with Crippen molar-refractivity contribution in [2.75, 3.05) is 0 Å². The van der Waals surface area contributed by atoms with E-state index in [-0.39, 0.29) is 0 Å². The van der Waals surface area contributed by atoms with Crippen LogP contribution in [0.15, 0.2) is 200 Å².